The second-order valence-electron chi connectivity index (χ2n) is 5.79. The Labute approximate surface area is 128 Å². The van der Waals surface area contributed by atoms with Crippen LogP contribution in [-0.4, -0.2) is 30.4 Å². The van der Waals surface area contributed by atoms with Crippen molar-refractivity contribution in [1.29, 1.82) is 0 Å². The van der Waals surface area contributed by atoms with Gasteiger partial charge in [0.25, 0.3) is 0 Å². The molecule has 2 N–H and O–H groups in total. The van der Waals surface area contributed by atoms with E-state index < -0.39 is 10.0 Å². The molecule has 0 saturated carbocycles. The first kappa shape index (κ1) is 16.5. The van der Waals surface area contributed by atoms with Crippen LogP contribution in [0, 0.1) is 5.92 Å². The fourth-order valence-electron chi connectivity index (χ4n) is 3.13. The Balaban J connectivity index is 2.13. The minimum absolute atomic E-state index is 0.363. The van der Waals surface area contributed by atoms with Crippen LogP contribution < -0.4 is 5.73 Å². The highest BCUT2D eigenvalue weighted by atomic mass is 32.2. The highest BCUT2D eigenvalue weighted by Crippen LogP contribution is 2.27. The van der Waals surface area contributed by atoms with Crippen molar-refractivity contribution in [1.82, 2.24) is 8.87 Å². The number of nitrogens with zero attached hydrogens (tertiary/aromatic N) is 2. The molecule has 0 amide bonds. The molecule has 5 nitrogen and oxygen atoms in total. The van der Waals surface area contributed by atoms with Crippen LogP contribution >= 0.6 is 0 Å². The zero-order chi connectivity index (χ0) is 15.5. The standard InChI is InChI=1S/C15H27N3O2S/c1-3-5-13-6-8-18(9-7-13)21(19,20)15-10-14(11-16)17(4-2)12-15/h10,12-13H,3-9,11,16H2,1-2H3. The van der Waals surface area contributed by atoms with Crippen LogP contribution in [0.3, 0.4) is 0 Å². The summed E-state index contributed by atoms with van der Waals surface area (Å²) in [6.07, 6.45) is 6.06. The average Bonchev–Trinajstić information content (AvgIpc) is 2.92. The first-order valence-electron chi connectivity index (χ1n) is 7.92. The number of aryl methyl sites for hydroxylation is 1. The van der Waals surface area contributed by atoms with Gasteiger partial charge in [0.15, 0.2) is 0 Å². The molecule has 1 aliphatic heterocycles. The fourth-order valence-corrected chi connectivity index (χ4v) is 4.66. The molecule has 0 radical (unpaired) electrons. The van der Waals surface area contributed by atoms with E-state index in [4.69, 9.17) is 5.73 Å². The van der Waals surface area contributed by atoms with Crippen LogP contribution in [-0.2, 0) is 23.1 Å². The van der Waals surface area contributed by atoms with Crippen LogP contribution in [0.15, 0.2) is 17.2 Å². The number of hydrogen-bond donors (Lipinski definition) is 1. The van der Waals surface area contributed by atoms with Crippen molar-refractivity contribution in [2.24, 2.45) is 11.7 Å². The summed E-state index contributed by atoms with van der Waals surface area (Å²) >= 11 is 0. The third-order valence-corrected chi connectivity index (χ3v) is 6.28. The van der Waals surface area contributed by atoms with Crippen LogP contribution in [0.1, 0.15) is 45.2 Å². The summed E-state index contributed by atoms with van der Waals surface area (Å²) in [6, 6.07) is 1.72. The Hall–Kier alpha value is -0.850. The zero-order valence-corrected chi connectivity index (χ0v) is 13.9. The van der Waals surface area contributed by atoms with Gasteiger partial charge in [-0.2, -0.15) is 4.31 Å². The van der Waals surface area contributed by atoms with E-state index in [1.54, 1.807) is 16.6 Å². The van der Waals surface area contributed by atoms with E-state index in [-0.39, 0.29) is 0 Å². The van der Waals surface area contributed by atoms with E-state index in [9.17, 15) is 8.42 Å². The highest BCUT2D eigenvalue weighted by molar-refractivity contribution is 7.89. The van der Waals surface area contributed by atoms with E-state index in [2.05, 4.69) is 6.92 Å². The summed E-state index contributed by atoms with van der Waals surface area (Å²) in [6.45, 7) is 6.56. The van der Waals surface area contributed by atoms with E-state index in [0.717, 1.165) is 25.1 Å². The lowest BCUT2D eigenvalue weighted by Gasteiger charge is -2.30. The molecule has 0 aromatic carbocycles. The predicted molar refractivity (Wildman–Crippen MR) is 84.4 cm³/mol. The van der Waals surface area contributed by atoms with Gasteiger partial charge in [-0.15, -0.1) is 0 Å². The average molecular weight is 313 g/mol. The Morgan fingerprint density at radius 2 is 1.95 bits per heavy atom. The first-order chi connectivity index (χ1) is 10.0. The lowest BCUT2D eigenvalue weighted by Crippen LogP contribution is -2.38. The molecule has 1 fully saturated rings. The van der Waals surface area contributed by atoms with Crippen LogP contribution in [0.25, 0.3) is 0 Å². The minimum Gasteiger partial charge on any atom is -0.349 e. The van der Waals surface area contributed by atoms with E-state index in [1.165, 1.54) is 12.8 Å². The van der Waals surface area contributed by atoms with Crippen LogP contribution in [0.4, 0.5) is 0 Å². The van der Waals surface area contributed by atoms with E-state index in [1.807, 2.05) is 11.5 Å². The fraction of sp³-hybridized carbons (Fsp3) is 0.733. The van der Waals surface area contributed by atoms with Gasteiger partial charge in [0, 0.05) is 38.1 Å². The summed E-state index contributed by atoms with van der Waals surface area (Å²) in [7, 11) is -3.37. The third-order valence-electron chi connectivity index (χ3n) is 4.42. The molecular weight excluding hydrogens is 286 g/mol. The molecule has 2 heterocycles. The molecule has 6 heteroatoms. The molecule has 0 atom stereocenters. The molecule has 0 unspecified atom stereocenters. The molecule has 2 rings (SSSR count). The van der Waals surface area contributed by atoms with Crippen molar-refractivity contribution in [2.45, 2.75) is 57.5 Å². The largest absolute Gasteiger partial charge is 0.349 e. The Kier molecular flexibility index (Phi) is 5.46. The number of rotatable bonds is 6. The summed E-state index contributed by atoms with van der Waals surface area (Å²) in [4.78, 5) is 0.388. The van der Waals surface area contributed by atoms with E-state index in [0.29, 0.717) is 30.4 Å². The molecule has 1 aromatic rings. The van der Waals surface area contributed by atoms with Gasteiger partial charge in [0.05, 0.1) is 0 Å². The van der Waals surface area contributed by atoms with Gasteiger partial charge in [0.2, 0.25) is 10.0 Å². The van der Waals surface area contributed by atoms with Crippen molar-refractivity contribution < 1.29 is 8.42 Å². The molecule has 21 heavy (non-hydrogen) atoms. The van der Waals surface area contributed by atoms with Crippen molar-refractivity contribution in [3.63, 3.8) is 0 Å². The molecular formula is C15H27N3O2S. The number of nitrogens with two attached hydrogens (primary N) is 1. The van der Waals surface area contributed by atoms with Gasteiger partial charge in [-0.05, 0) is 31.7 Å². The lowest BCUT2D eigenvalue weighted by molar-refractivity contribution is 0.262. The molecule has 1 aromatic heterocycles. The van der Waals surface area contributed by atoms with Crippen molar-refractivity contribution in [3.05, 3.63) is 18.0 Å². The monoisotopic (exact) mass is 313 g/mol. The second kappa shape index (κ2) is 6.94. The summed E-state index contributed by atoms with van der Waals surface area (Å²) in [5, 5.41) is 0. The predicted octanol–water partition coefficient (Wildman–Crippen LogP) is 2.17. The van der Waals surface area contributed by atoms with Crippen molar-refractivity contribution >= 4 is 10.0 Å². The van der Waals surface area contributed by atoms with Crippen molar-refractivity contribution in [3.8, 4) is 0 Å². The smallest absolute Gasteiger partial charge is 0.244 e. The van der Waals surface area contributed by atoms with E-state index >= 15 is 0 Å². The highest BCUT2D eigenvalue weighted by Gasteiger charge is 2.30. The molecule has 1 saturated heterocycles. The lowest BCUT2D eigenvalue weighted by atomic mass is 9.94. The third kappa shape index (κ3) is 3.49. The number of aromatic nitrogens is 1. The Morgan fingerprint density at radius 3 is 2.43 bits per heavy atom. The quantitative estimate of drug-likeness (QED) is 0.875. The zero-order valence-electron chi connectivity index (χ0n) is 13.1. The minimum atomic E-state index is -3.37. The molecule has 0 spiro atoms. The first-order valence-corrected chi connectivity index (χ1v) is 9.36. The maximum atomic E-state index is 12.7. The van der Waals surface area contributed by atoms with Gasteiger partial charge >= 0.3 is 0 Å². The van der Waals surface area contributed by atoms with Gasteiger partial charge < -0.3 is 10.3 Å². The SMILES string of the molecule is CCCC1CCN(S(=O)(=O)c2cc(CN)n(CC)c2)CC1. The Morgan fingerprint density at radius 1 is 1.29 bits per heavy atom. The van der Waals surface area contributed by atoms with Gasteiger partial charge in [0.1, 0.15) is 4.90 Å². The van der Waals surface area contributed by atoms with Gasteiger partial charge in [-0.3, -0.25) is 0 Å². The number of sulfonamides is 1. The van der Waals surface area contributed by atoms with Gasteiger partial charge in [-0.25, -0.2) is 8.42 Å². The van der Waals surface area contributed by atoms with Crippen LogP contribution in [0.2, 0.25) is 0 Å². The maximum absolute atomic E-state index is 12.7. The number of piperidine rings is 1. The summed E-state index contributed by atoms with van der Waals surface area (Å²) in [5.41, 5.74) is 6.56. The normalized spacial score (nSPS) is 18.2. The molecule has 0 bridgehead atoms. The molecule has 0 aliphatic carbocycles. The second-order valence-corrected chi connectivity index (χ2v) is 7.73. The topological polar surface area (TPSA) is 68.3 Å². The molecule has 120 valence electrons. The molecule has 1 aliphatic rings. The van der Waals surface area contributed by atoms with Crippen LogP contribution in [0.5, 0.6) is 0 Å². The maximum Gasteiger partial charge on any atom is 0.244 e. The summed E-state index contributed by atoms with van der Waals surface area (Å²) < 4.78 is 29.0. The van der Waals surface area contributed by atoms with Gasteiger partial charge in [-0.1, -0.05) is 19.8 Å². The summed E-state index contributed by atoms with van der Waals surface area (Å²) in [5.74, 6) is 0.682. The van der Waals surface area contributed by atoms with Crippen molar-refractivity contribution in [2.75, 3.05) is 13.1 Å². The Bertz CT molecular complexity index is 536. The number of hydrogen-bond acceptors (Lipinski definition) is 3.